The molecule has 0 radical (unpaired) electrons. The quantitative estimate of drug-likeness (QED) is 0.289. The van der Waals surface area contributed by atoms with Gasteiger partial charge in [-0.3, -0.25) is 9.59 Å². The van der Waals surface area contributed by atoms with Gasteiger partial charge in [0.05, 0.1) is 18.1 Å². The first kappa shape index (κ1) is 27.7. The van der Waals surface area contributed by atoms with E-state index < -0.39 is 82.2 Å². The summed E-state index contributed by atoms with van der Waals surface area (Å²) < 4.78 is 12.3. The third-order valence-corrected chi connectivity index (χ3v) is 9.69. The Morgan fingerprint density at radius 2 is 1.84 bits per heavy atom. The summed E-state index contributed by atoms with van der Waals surface area (Å²) in [7, 11) is 0. The van der Waals surface area contributed by atoms with Crippen molar-refractivity contribution in [2.45, 2.75) is 84.7 Å². The number of ketones is 1. The molecule has 0 aromatic heterocycles. The van der Waals surface area contributed by atoms with Crippen LogP contribution in [-0.4, -0.2) is 62.6 Å². The molecule has 0 aliphatic heterocycles. The Kier molecular flexibility index (Phi) is 6.46. The minimum Gasteiger partial charge on any atom is -0.454 e. The molecule has 0 saturated heterocycles. The second-order valence-electron chi connectivity index (χ2n) is 12.3. The number of aliphatic hydroxyl groups excluding tert-OH is 1. The molecule has 2 saturated carbocycles. The van der Waals surface area contributed by atoms with Gasteiger partial charge < -0.3 is 24.8 Å². The zero-order valence-corrected chi connectivity index (χ0v) is 23.0. The van der Waals surface area contributed by atoms with Crippen LogP contribution < -0.4 is 0 Å². The predicted molar refractivity (Wildman–Crippen MR) is 135 cm³/mol. The normalized spacial score (nSPS) is 42.1. The van der Waals surface area contributed by atoms with Gasteiger partial charge in [0.25, 0.3) is 0 Å². The summed E-state index contributed by atoms with van der Waals surface area (Å²) in [6.07, 6.45) is 3.81. The first-order valence-electron chi connectivity index (χ1n) is 13.1. The first-order chi connectivity index (χ1) is 17.0. The van der Waals surface area contributed by atoms with Crippen molar-refractivity contribution in [3.05, 3.63) is 34.9 Å². The van der Waals surface area contributed by atoms with E-state index in [9.17, 15) is 29.7 Å². The fraction of sp³-hybridized carbons (Fsp3) is 0.690. The van der Waals surface area contributed by atoms with Gasteiger partial charge in [0, 0.05) is 41.1 Å². The Morgan fingerprint density at radius 1 is 1.22 bits per heavy atom. The highest BCUT2D eigenvalue weighted by molar-refractivity contribution is 6.04. The lowest BCUT2D eigenvalue weighted by Gasteiger charge is -2.53. The molecule has 0 aromatic carbocycles. The fourth-order valence-corrected chi connectivity index (χ4v) is 7.43. The number of aliphatic hydroxyl groups is 3. The molecule has 4 aliphatic carbocycles. The fourth-order valence-electron chi connectivity index (χ4n) is 7.43. The van der Waals surface area contributed by atoms with E-state index in [0.29, 0.717) is 16.7 Å². The van der Waals surface area contributed by atoms with Crippen LogP contribution in [0.25, 0.3) is 0 Å². The van der Waals surface area contributed by atoms with Gasteiger partial charge in [0.1, 0.15) is 11.7 Å². The van der Waals surface area contributed by atoms with Crippen LogP contribution in [0.4, 0.5) is 0 Å². The molecular weight excluding hydrogens is 476 g/mol. The van der Waals surface area contributed by atoms with Crippen molar-refractivity contribution in [2.24, 2.45) is 35.0 Å². The van der Waals surface area contributed by atoms with E-state index in [1.807, 2.05) is 13.8 Å². The van der Waals surface area contributed by atoms with E-state index >= 15 is 0 Å². The molecule has 0 aromatic rings. The number of rotatable bonds is 5. The summed E-state index contributed by atoms with van der Waals surface area (Å²) in [6, 6.07) is 0. The number of ether oxygens (including phenoxy) is 2. The third kappa shape index (κ3) is 3.48. The van der Waals surface area contributed by atoms with Crippen molar-refractivity contribution in [1.29, 1.82) is 0 Å². The molecule has 0 bridgehead atoms. The zero-order valence-electron chi connectivity index (χ0n) is 23.0. The molecule has 8 heteroatoms. The second kappa shape index (κ2) is 8.61. The Bertz CT molecular complexity index is 1130. The lowest BCUT2D eigenvalue weighted by Crippen LogP contribution is -2.66. The van der Waals surface area contributed by atoms with Crippen LogP contribution in [0.2, 0.25) is 0 Å². The number of esters is 2. The van der Waals surface area contributed by atoms with Crippen molar-refractivity contribution in [1.82, 2.24) is 0 Å². The number of hydrogen-bond donors (Lipinski definition) is 3. The largest absolute Gasteiger partial charge is 0.454 e. The minimum absolute atomic E-state index is 0.125. The molecule has 2 fully saturated rings. The minimum atomic E-state index is -1.95. The smallest absolute Gasteiger partial charge is 0.333 e. The summed E-state index contributed by atoms with van der Waals surface area (Å²) in [6.45, 7) is 13.5. The number of carbonyl (C=O) groups excluding carboxylic acids is 3. The second-order valence-corrected chi connectivity index (χ2v) is 12.3. The van der Waals surface area contributed by atoms with E-state index in [-0.39, 0.29) is 6.42 Å². The van der Waals surface area contributed by atoms with Crippen LogP contribution in [0.5, 0.6) is 0 Å². The lowest BCUT2D eigenvalue weighted by atomic mass is 9.59. The van der Waals surface area contributed by atoms with Crippen LogP contribution in [0.1, 0.15) is 61.8 Å². The van der Waals surface area contributed by atoms with Crippen molar-refractivity contribution in [2.75, 3.05) is 6.61 Å². The van der Waals surface area contributed by atoms with Gasteiger partial charge >= 0.3 is 11.9 Å². The van der Waals surface area contributed by atoms with Gasteiger partial charge in [0.15, 0.2) is 11.4 Å². The van der Waals surface area contributed by atoms with Gasteiger partial charge in [-0.1, -0.05) is 52.8 Å². The maximum absolute atomic E-state index is 13.2. The average molecular weight is 517 g/mol. The summed E-state index contributed by atoms with van der Waals surface area (Å²) in [5, 5.41) is 34.6. The number of allylic oxidation sites excluding steroid dienone is 1. The Morgan fingerprint density at radius 3 is 2.38 bits per heavy atom. The molecule has 204 valence electrons. The van der Waals surface area contributed by atoms with Crippen LogP contribution in [-0.2, 0) is 23.9 Å². The van der Waals surface area contributed by atoms with E-state index in [0.717, 1.165) is 0 Å². The molecular formula is C29H40O8. The van der Waals surface area contributed by atoms with Gasteiger partial charge in [0.2, 0.25) is 0 Å². The highest BCUT2D eigenvalue weighted by Gasteiger charge is 2.88. The van der Waals surface area contributed by atoms with Crippen molar-refractivity contribution in [3.63, 3.8) is 0 Å². The molecule has 3 N–H and O–H groups in total. The van der Waals surface area contributed by atoms with E-state index in [4.69, 9.17) is 9.47 Å². The molecule has 37 heavy (non-hydrogen) atoms. The summed E-state index contributed by atoms with van der Waals surface area (Å²) in [5.74, 6) is -5.00. The number of fused-ring (bicyclic) bond motifs is 5. The van der Waals surface area contributed by atoms with E-state index in [1.165, 1.54) is 0 Å². The van der Waals surface area contributed by atoms with Crippen LogP contribution in [0, 0.1) is 35.0 Å². The van der Waals surface area contributed by atoms with Crippen molar-refractivity contribution < 1.29 is 39.2 Å². The molecule has 4 rings (SSSR count). The Labute approximate surface area is 218 Å². The van der Waals surface area contributed by atoms with Crippen LogP contribution >= 0.6 is 0 Å². The summed E-state index contributed by atoms with van der Waals surface area (Å²) in [4.78, 5) is 39.3. The lowest BCUT2D eigenvalue weighted by molar-refractivity contribution is -0.228. The third-order valence-electron chi connectivity index (χ3n) is 9.69. The van der Waals surface area contributed by atoms with Crippen molar-refractivity contribution >= 4 is 17.7 Å². The molecule has 0 unspecified atom stereocenters. The molecule has 0 spiro atoms. The monoisotopic (exact) mass is 516 g/mol. The van der Waals surface area contributed by atoms with Gasteiger partial charge in [-0.25, -0.2) is 4.79 Å². The highest BCUT2D eigenvalue weighted by atomic mass is 16.6. The number of hydrogen-bond acceptors (Lipinski definition) is 8. The summed E-state index contributed by atoms with van der Waals surface area (Å²) >= 11 is 0. The van der Waals surface area contributed by atoms with E-state index in [1.54, 1.807) is 59.8 Å². The van der Waals surface area contributed by atoms with Gasteiger partial charge in [-0.15, -0.1) is 0 Å². The standard InChI is InChI=1S/C29H40O8/c1-9-15(4)25(33)36-23-17(6)28(35)19(21-26(7,8)29(21,23)37-24(32)14(2)3)11-18(13-30)12-27(34)20(28)10-16(5)22(27)31/h9-11,14,17,19-21,23,30,34-35H,12-13H2,1-8H3/b15-9+/t17-,19+,20-,21-,23+,27+,28-,29+/m0/s1. The Hall–Kier alpha value is -2.29. The number of carbonyl (C=O) groups is 3. The van der Waals surface area contributed by atoms with Crippen molar-refractivity contribution in [3.8, 4) is 0 Å². The maximum Gasteiger partial charge on any atom is 0.333 e. The predicted octanol–water partition coefficient (Wildman–Crippen LogP) is 2.65. The molecule has 0 amide bonds. The molecule has 0 heterocycles. The molecule has 8 nitrogen and oxygen atoms in total. The SMILES string of the molecule is C/C=C(\C)C(=O)O[C@@H]1[C@H](C)[C@]2(O)[C@H](C=C(CO)C[C@]3(O)C(=O)C(C)=C[C@H]23)[C@H]2C(C)(C)[C@]12OC(=O)C(C)C. The van der Waals surface area contributed by atoms with Crippen LogP contribution in [0.15, 0.2) is 34.9 Å². The number of Topliss-reactive ketones (excluding diaryl/α,β-unsaturated/α-hetero) is 1. The average Bonchev–Trinajstić information content (AvgIpc) is 3.26. The van der Waals surface area contributed by atoms with E-state index in [2.05, 4.69) is 0 Å². The zero-order chi connectivity index (χ0) is 27.9. The first-order valence-corrected chi connectivity index (χ1v) is 13.1. The topological polar surface area (TPSA) is 130 Å². The van der Waals surface area contributed by atoms with Gasteiger partial charge in [-0.05, 0) is 31.9 Å². The van der Waals surface area contributed by atoms with Gasteiger partial charge in [-0.2, -0.15) is 0 Å². The molecule has 4 aliphatic rings. The van der Waals surface area contributed by atoms with Crippen LogP contribution in [0.3, 0.4) is 0 Å². The summed E-state index contributed by atoms with van der Waals surface area (Å²) in [5.41, 5.74) is -4.51. The Balaban J connectivity index is 1.96. The molecule has 8 atom stereocenters. The highest BCUT2D eigenvalue weighted by Crippen LogP contribution is 2.77. The maximum atomic E-state index is 13.2.